The molecule has 1 aliphatic rings. The van der Waals surface area contributed by atoms with Crippen molar-refractivity contribution in [1.82, 2.24) is 9.88 Å². The summed E-state index contributed by atoms with van der Waals surface area (Å²) in [5.41, 5.74) is 2.05. The molecule has 0 unspecified atom stereocenters. The zero-order valence-electron chi connectivity index (χ0n) is 13.1. The fourth-order valence-electron chi connectivity index (χ4n) is 3.04. The number of anilines is 1. The van der Waals surface area contributed by atoms with Crippen LogP contribution in [-0.2, 0) is 11.7 Å². The Kier molecular flexibility index (Phi) is 4.31. The molecule has 2 heterocycles. The summed E-state index contributed by atoms with van der Waals surface area (Å²) in [6.07, 6.45) is 0. The first-order chi connectivity index (χ1) is 11.7. The first-order valence-electron chi connectivity index (χ1n) is 7.97. The number of hydrogen-bond acceptors (Lipinski definition) is 4. The summed E-state index contributed by atoms with van der Waals surface area (Å²) >= 11 is 7.56. The Bertz CT molecular complexity index is 858. The van der Waals surface area contributed by atoms with Crippen LogP contribution in [0.15, 0.2) is 42.5 Å². The van der Waals surface area contributed by atoms with Crippen LogP contribution in [0.4, 0.5) is 5.13 Å². The average Bonchev–Trinajstić information content (AvgIpc) is 3.01. The summed E-state index contributed by atoms with van der Waals surface area (Å²) in [5, 5.41) is 13.6. The predicted molar refractivity (Wildman–Crippen MR) is 98.7 cm³/mol. The Morgan fingerprint density at radius 1 is 1.08 bits per heavy atom. The van der Waals surface area contributed by atoms with Crippen molar-refractivity contribution in [3.63, 3.8) is 0 Å². The lowest BCUT2D eigenvalue weighted by Gasteiger charge is -2.34. The average molecular weight is 359 g/mol. The number of rotatable bonds is 3. The fraction of sp³-hybridized carbons (Fsp3) is 0.278. The molecule has 1 saturated heterocycles. The van der Waals surface area contributed by atoms with Gasteiger partial charge in [0.25, 0.3) is 0 Å². The quantitative estimate of drug-likeness (QED) is 0.696. The van der Waals surface area contributed by atoms with Crippen molar-refractivity contribution in [2.75, 3.05) is 31.1 Å². The number of halogens is 1. The molecule has 0 N–H and O–H groups in total. The second-order valence-corrected chi connectivity index (χ2v) is 7.41. The molecule has 0 aliphatic carbocycles. The van der Waals surface area contributed by atoms with Crippen LogP contribution < -0.4 is 4.90 Å². The molecule has 0 saturated carbocycles. The van der Waals surface area contributed by atoms with Crippen molar-refractivity contribution < 1.29 is 5.11 Å². The van der Waals surface area contributed by atoms with Crippen LogP contribution in [0.1, 0.15) is 5.56 Å². The predicted octanol–water partition coefficient (Wildman–Crippen LogP) is 4.42. The van der Waals surface area contributed by atoms with Crippen LogP contribution in [0.2, 0.25) is 5.02 Å². The molecule has 123 valence electrons. The molecule has 0 spiro atoms. The fourth-order valence-corrected chi connectivity index (χ4v) is 4.28. The minimum Gasteiger partial charge on any atom is -0.345 e. The lowest BCUT2D eigenvalue weighted by molar-refractivity contribution is 0.250. The molecule has 0 atom stereocenters. The van der Waals surface area contributed by atoms with Crippen LogP contribution >= 0.6 is 22.9 Å². The number of hydrogen-bond donors (Lipinski definition) is 0. The van der Waals surface area contributed by atoms with E-state index in [9.17, 15) is 5.11 Å². The van der Waals surface area contributed by atoms with Crippen molar-refractivity contribution >= 4 is 38.3 Å². The number of fused-ring (bicyclic) bond motifs is 1. The second kappa shape index (κ2) is 6.59. The van der Waals surface area contributed by atoms with E-state index in [0.29, 0.717) is 0 Å². The van der Waals surface area contributed by atoms with Gasteiger partial charge >= 0.3 is 0 Å². The largest absolute Gasteiger partial charge is 0.345 e. The smallest absolute Gasteiger partial charge is 0.198 e. The highest BCUT2D eigenvalue weighted by Crippen LogP contribution is 2.35. The third-order valence-corrected chi connectivity index (χ3v) is 5.69. The van der Waals surface area contributed by atoms with Gasteiger partial charge in [0.1, 0.15) is 4.70 Å². The maximum Gasteiger partial charge on any atom is 0.198 e. The van der Waals surface area contributed by atoms with Crippen molar-refractivity contribution in [3.8, 4) is 5.75 Å². The number of thiazole rings is 1. The molecule has 1 radical (unpaired) electrons. The molecule has 0 amide bonds. The van der Waals surface area contributed by atoms with E-state index in [0.717, 1.165) is 53.1 Å². The van der Waals surface area contributed by atoms with Crippen LogP contribution in [0.5, 0.6) is 5.75 Å². The van der Waals surface area contributed by atoms with Gasteiger partial charge in [0.05, 0.1) is 5.52 Å². The minimum atomic E-state index is 0.0656. The van der Waals surface area contributed by atoms with E-state index < -0.39 is 0 Å². The third kappa shape index (κ3) is 3.20. The zero-order chi connectivity index (χ0) is 16.5. The summed E-state index contributed by atoms with van der Waals surface area (Å²) in [5.74, 6) is 0.0656. The van der Waals surface area contributed by atoms with Crippen LogP contribution in [-0.4, -0.2) is 36.1 Å². The summed E-state index contributed by atoms with van der Waals surface area (Å²) < 4.78 is 0.758. The Morgan fingerprint density at radius 3 is 2.62 bits per heavy atom. The van der Waals surface area contributed by atoms with Crippen LogP contribution in [0.3, 0.4) is 0 Å². The van der Waals surface area contributed by atoms with Gasteiger partial charge in [-0.15, -0.1) is 0 Å². The van der Waals surface area contributed by atoms with E-state index in [1.165, 1.54) is 16.9 Å². The number of aromatic nitrogens is 1. The highest BCUT2D eigenvalue weighted by Gasteiger charge is 2.20. The molecule has 24 heavy (non-hydrogen) atoms. The van der Waals surface area contributed by atoms with Gasteiger partial charge in [0, 0.05) is 37.7 Å². The SMILES string of the molecule is [O]c1cccc2nc(N3CCN(Cc4cccc(Cl)c4)CC3)sc12. The van der Waals surface area contributed by atoms with Gasteiger partial charge in [0.15, 0.2) is 10.9 Å². The van der Waals surface area contributed by atoms with E-state index in [-0.39, 0.29) is 5.75 Å². The topological polar surface area (TPSA) is 39.3 Å². The molecular weight excluding hydrogens is 342 g/mol. The van der Waals surface area contributed by atoms with E-state index in [2.05, 4.69) is 20.9 Å². The van der Waals surface area contributed by atoms with Crippen LogP contribution in [0, 0.1) is 0 Å². The summed E-state index contributed by atoms with van der Waals surface area (Å²) in [7, 11) is 0. The number of benzene rings is 2. The molecule has 2 aromatic carbocycles. The standard InChI is InChI=1S/C18H17ClN3OS/c19-14-4-1-3-13(11-14)12-21-7-9-22(10-8-21)18-20-15-5-2-6-16(23)17(15)24-18/h1-6,11H,7-10,12H2. The van der Waals surface area contributed by atoms with E-state index >= 15 is 0 Å². The van der Waals surface area contributed by atoms with Gasteiger partial charge in [-0.25, -0.2) is 4.98 Å². The summed E-state index contributed by atoms with van der Waals surface area (Å²) in [6, 6.07) is 13.3. The van der Waals surface area contributed by atoms with Gasteiger partial charge < -0.3 is 4.90 Å². The lowest BCUT2D eigenvalue weighted by Crippen LogP contribution is -2.45. The van der Waals surface area contributed by atoms with Gasteiger partial charge in [-0.05, 0) is 29.8 Å². The van der Waals surface area contributed by atoms with E-state index in [4.69, 9.17) is 11.6 Å². The Balaban J connectivity index is 1.42. The van der Waals surface area contributed by atoms with Gasteiger partial charge in [-0.2, -0.15) is 0 Å². The molecular formula is C18H17ClN3OS. The number of piperazine rings is 1. The Hall–Kier alpha value is -1.82. The summed E-state index contributed by atoms with van der Waals surface area (Å²) in [4.78, 5) is 9.33. The molecule has 4 nitrogen and oxygen atoms in total. The summed E-state index contributed by atoms with van der Waals surface area (Å²) in [6.45, 7) is 4.72. The molecule has 3 aromatic rings. The van der Waals surface area contributed by atoms with E-state index in [1.807, 2.05) is 24.3 Å². The van der Waals surface area contributed by atoms with Gasteiger partial charge in [-0.1, -0.05) is 41.1 Å². The molecule has 1 aromatic heterocycles. The first kappa shape index (κ1) is 15.7. The Morgan fingerprint density at radius 2 is 1.88 bits per heavy atom. The first-order valence-corrected chi connectivity index (χ1v) is 9.17. The van der Waals surface area contributed by atoms with Gasteiger partial charge in [0.2, 0.25) is 0 Å². The second-order valence-electron chi connectivity index (χ2n) is 5.99. The maximum atomic E-state index is 11.9. The molecule has 1 fully saturated rings. The number of nitrogens with zero attached hydrogens (tertiary/aromatic N) is 3. The van der Waals surface area contributed by atoms with Crippen molar-refractivity contribution in [1.29, 1.82) is 0 Å². The van der Waals surface area contributed by atoms with E-state index in [1.54, 1.807) is 12.1 Å². The van der Waals surface area contributed by atoms with Crippen molar-refractivity contribution in [3.05, 3.63) is 53.1 Å². The zero-order valence-corrected chi connectivity index (χ0v) is 14.7. The normalized spacial score (nSPS) is 16.0. The molecule has 4 rings (SSSR count). The molecule has 6 heteroatoms. The molecule has 0 bridgehead atoms. The van der Waals surface area contributed by atoms with Crippen LogP contribution in [0.25, 0.3) is 10.2 Å². The van der Waals surface area contributed by atoms with Gasteiger partial charge in [-0.3, -0.25) is 10.0 Å². The highest BCUT2D eigenvalue weighted by atomic mass is 35.5. The lowest BCUT2D eigenvalue weighted by atomic mass is 10.2. The van der Waals surface area contributed by atoms with Crippen molar-refractivity contribution in [2.45, 2.75) is 6.54 Å². The maximum absolute atomic E-state index is 11.9. The molecule has 1 aliphatic heterocycles. The van der Waals surface area contributed by atoms with Crippen molar-refractivity contribution in [2.24, 2.45) is 0 Å². The third-order valence-electron chi connectivity index (χ3n) is 4.31. The minimum absolute atomic E-state index is 0.0656. The Labute approximate surface area is 149 Å². The highest BCUT2D eigenvalue weighted by molar-refractivity contribution is 7.22. The monoisotopic (exact) mass is 358 g/mol.